The molecule has 2 aromatic heterocycles. The molecule has 3 aromatic carbocycles. The summed E-state index contributed by atoms with van der Waals surface area (Å²) in [6.45, 7) is 0. The molecule has 2 nitrogen and oxygen atoms in total. The van der Waals surface area contributed by atoms with Crippen LogP contribution in [-0.2, 0) is 26.7 Å². The number of benzene rings is 3. The number of halogens is 1. The minimum Gasteiger partial charge on any atom is -0.305 e. The summed E-state index contributed by atoms with van der Waals surface area (Å²) < 4.78 is 17.3. The minimum absolute atomic E-state index is 0. The van der Waals surface area contributed by atoms with E-state index in [1.807, 2.05) is 84.9 Å². The van der Waals surface area contributed by atoms with Gasteiger partial charge in [-0.15, -0.1) is 65.7 Å². The molecular formula is C29H19FN2Pt. The van der Waals surface area contributed by atoms with Crippen LogP contribution in [-0.4, -0.2) is 9.97 Å². The number of nitrogens with zero attached hydrogens (tertiary/aromatic N) is 2. The molecule has 1 unspecified atom stereocenters. The summed E-state index contributed by atoms with van der Waals surface area (Å²) in [5, 5.41) is 0. The summed E-state index contributed by atoms with van der Waals surface area (Å²) in [6.07, 6.45) is 1.72. The van der Waals surface area contributed by atoms with E-state index in [1.54, 1.807) is 30.5 Å². The van der Waals surface area contributed by atoms with Crippen molar-refractivity contribution >= 4 is 0 Å². The molecule has 1 atom stereocenters. The van der Waals surface area contributed by atoms with Crippen LogP contribution in [0.5, 0.6) is 0 Å². The number of pyridine rings is 2. The van der Waals surface area contributed by atoms with E-state index in [0.29, 0.717) is 22.5 Å². The molecule has 0 aliphatic carbocycles. The predicted octanol–water partition coefficient (Wildman–Crippen LogP) is 6.67. The Kier molecular flexibility index (Phi) is 6.91. The third kappa shape index (κ3) is 4.55. The fraction of sp³-hybridized carbons (Fsp3) is 0.0345. The van der Waals surface area contributed by atoms with E-state index in [-0.39, 0.29) is 21.1 Å². The van der Waals surface area contributed by atoms with Crippen LogP contribution in [0.1, 0.15) is 16.8 Å². The van der Waals surface area contributed by atoms with E-state index in [0.717, 1.165) is 16.8 Å². The molecule has 0 N–H and O–H groups in total. The zero-order valence-electron chi connectivity index (χ0n) is 17.6. The third-order valence-corrected chi connectivity index (χ3v) is 5.37. The zero-order chi connectivity index (χ0) is 21.8. The van der Waals surface area contributed by atoms with Crippen LogP contribution < -0.4 is 0 Å². The van der Waals surface area contributed by atoms with Crippen molar-refractivity contribution in [2.75, 3.05) is 0 Å². The van der Waals surface area contributed by atoms with E-state index >= 15 is 4.39 Å². The van der Waals surface area contributed by atoms with Crippen molar-refractivity contribution in [1.82, 2.24) is 9.97 Å². The molecule has 4 heteroatoms. The first-order valence-corrected chi connectivity index (χ1v) is 10.4. The fourth-order valence-electron chi connectivity index (χ4n) is 3.78. The Hall–Kier alpha value is -3.42. The third-order valence-electron chi connectivity index (χ3n) is 5.37. The Bertz CT molecular complexity index is 1240. The fourth-order valence-corrected chi connectivity index (χ4v) is 3.78. The number of aromatic nitrogens is 2. The maximum Gasteiger partial charge on any atom is 2.00 e. The van der Waals surface area contributed by atoms with E-state index in [4.69, 9.17) is 4.98 Å². The van der Waals surface area contributed by atoms with Crippen molar-refractivity contribution in [2.24, 2.45) is 0 Å². The summed E-state index contributed by atoms with van der Waals surface area (Å²) in [7, 11) is 0. The quantitative estimate of drug-likeness (QED) is 0.208. The van der Waals surface area contributed by atoms with Crippen molar-refractivity contribution in [1.29, 1.82) is 0 Å². The van der Waals surface area contributed by atoms with E-state index in [2.05, 4.69) is 17.1 Å². The summed E-state index contributed by atoms with van der Waals surface area (Å²) in [4.78, 5) is 9.13. The van der Waals surface area contributed by atoms with Gasteiger partial charge in [0, 0.05) is 6.20 Å². The van der Waals surface area contributed by atoms with Gasteiger partial charge >= 0.3 is 21.1 Å². The number of rotatable bonds is 5. The average Bonchev–Trinajstić information content (AvgIpc) is 2.90. The summed E-state index contributed by atoms with van der Waals surface area (Å²) >= 11 is 0. The molecule has 0 aliphatic rings. The second-order valence-electron chi connectivity index (χ2n) is 7.40. The Morgan fingerprint density at radius 2 is 1.39 bits per heavy atom. The van der Waals surface area contributed by atoms with Gasteiger partial charge in [-0.2, -0.15) is 0 Å². The second-order valence-corrected chi connectivity index (χ2v) is 7.40. The standard InChI is InChI=1S/C29H19FN2.Pt/c30-29(24-14-5-2-6-15-24,25-16-9-13-23(21-25)26-17-7-8-20-31-26)28-19-10-18-27(32-28)22-11-3-1-4-12-22;/h1-11,13-20H;/q-2;+2. The molecule has 2 heterocycles. The number of hydrogen-bond acceptors (Lipinski definition) is 2. The summed E-state index contributed by atoms with van der Waals surface area (Å²) in [5.74, 6) is 0. The average molecular weight is 610 g/mol. The minimum atomic E-state index is -1.99. The first-order valence-electron chi connectivity index (χ1n) is 10.4. The largest absolute Gasteiger partial charge is 2.00 e. The molecular weight excluding hydrogens is 590 g/mol. The smallest absolute Gasteiger partial charge is 0.305 e. The molecule has 162 valence electrons. The molecule has 0 saturated carbocycles. The van der Waals surface area contributed by atoms with Crippen molar-refractivity contribution in [2.45, 2.75) is 5.67 Å². The van der Waals surface area contributed by atoms with E-state index in [9.17, 15) is 0 Å². The van der Waals surface area contributed by atoms with Crippen LogP contribution in [0, 0.1) is 12.1 Å². The van der Waals surface area contributed by atoms with Gasteiger partial charge in [0.1, 0.15) is 0 Å². The van der Waals surface area contributed by atoms with Crippen LogP contribution >= 0.6 is 0 Å². The maximum absolute atomic E-state index is 17.3. The van der Waals surface area contributed by atoms with Gasteiger partial charge in [0.15, 0.2) is 5.67 Å². The SMILES string of the molecule is FC(c1[c-]c(-c2ccccn2)ccc1)(c1ccccc1)c1cccc(-c2[c-]cccc2)n1.[Pt+2]. The molecule has 0 aliphatic heterocycles. The monoisotopic (exact) mass is 609 g/mol. The molecule has 33 heavy (non-hydrogen) atoms. The first-order chi connectivity index (χ1) is 15.7. The molecule has 5 aromatic rings. The summed E-state index contributed by atoms with van der Waals surface area (Å²) in [6, 6.07) is 39.7. The van der Waals surface area contributed by atoms with Crippen LogP contribution in [0.3, 0.4) is 0 Å². The van der Waals surface area contributed by atoms with Crippen LogP contribution in [0.25, 0.3) is 22.5 Å². The zero-order valence-corrected chi connectivity index (χ0v) is 19.8. The van der Waals surface area contributed by atoms with Crippen molar-refractivity contribution in [3.63, 3.8) is 0 Å². The normalized spacial score (nSPS) is 12.4. The van der Waals surface area contributed by atoms with E-state index in [1.165, 1.54) is 0 Å². The molecule has 0 bridgehead atoms. The molecule has 0 amide bonds. The van der Waals surface area contributed by atoms with Gasteiger partial charge in [0.2, 0.25) is 0 Å². The maximum atomic E-state index is 17.3. The van der Waals surface area contributed by atoms with Crippen LogP contribution in [0.15, 0.2) is 115 Å². The Balaban J connectivity index is 0.00000259. The van der Waals surface area contributed by atoms with Gasteiger partial charge in [0.25, 0.3) is 0 Å². The number of hydrogen-bond donors (Lipinski definition) is 0. The first kappa shape index (κ1) is 22.8. The van der Waals surface area contributed by atoms with Gasteiger partial charge < -0.3 is 4.98 Å². The Morgan fingerprint density at radius 3 is 2.15 bits per heavy atom. The van der Waals surface area contributed by atoms with E-state index < -0.39 is 5.67 Å². The van der Waals surface area contributed by atoms with Gasteiger partial charge in [-0.25, -0.2) is 4.39 Å². The van der Waals surface area contributed by atoms with Gasteiger partial charge in [-0.1, -0.05) is 60.2 Å². The molecule has 0 saturated heterocycles. The van der Waals surface area contributed by atoms with Crippen LogP contribution in [0.2, 0.25) is 0 Å². The predicted molar refractivity (Wildman–Crippen MR) is 124 cm³/mol. The summed E-state index contributed by atoms with van der Waals surface area (Å²) in [5.41, 5.74) is 2.14. The Morgan fingerprint density at radius 1 is 0.667 bits per heavy atom. The topological polar surface area (TPSA) is 25.8 Å². The van der Waals surface area contributed by atoms with Crippen LogP contribution in [0.4, 0.5) is 4.39 Å². The molecule has 0 radical (unpaired) electrons. The number of alkyl halides is 1. The van der Waals surface area contributed by atoms with Crippen molar-refractivity contribution in [3.8, 4) is 22.5 Å². The second kappa shape index (κ2) is 10.0. The van der Waals surface area contributed by atoms with Crippen molar-refractivity contribution in [3.05, 3.63) is 144 Å². The van der Waals surface area contributed by atoms with Gasteiger partial charge in [-0.05, 0) is 29.1 Å². The molecule has 0 spiro atoms. The van der Waals surface area contributed by atoms with Gasteiger partial charge in [-0.3, -0.25) is 4.98 Å². The molecule has 5 rings (SSSR count). The Labute approximate surface area is 207 Å². The van der Waals surface area contributed by atoms with Gasteiger partial charge in [0.05, 0.1) is 5.69 Å². The van der Waals surface area contributed by atoms with Crippen molar-refractivity contribution < 1.29 is 25.5 Å². The molecule has 0 fully saturated rings.